The van der Waals surface area contributed by atoms with Gasteiger partial charge >= 0.3 is 12.1 Å². The molecule has 2 amide bonds. The lowest BCUT2D eigenvalue weighted by Gasteiger charge is -2.31. The summed E-state index contributed by atoms with van der Waals surface area (Å²) in [4.78, 5) is 34.8. The molecule has 3 N–H and O–H groups in total. The standard InChI is InChI=1S/C18H32N2O5S2/c1-18(2,3)25-17(24)20-12-13-6-4-5-7-14(13)16(23)19-9-11-27-26-10-8-15(21)22/h13-14H,4-12H2,1-3H3,(H,19,23)(H,20,24)(H,21,22)/t13-,14-/m0/s1. The highest BCUT2D eigenvalue weighted by atomic mass is 33.1. The van der Waals surface area contributed by atoms with Crippen molar-refractivity contribution >= 4 is 39.6 Å². The van der Waals surface area contributed by atoms with E-state index < -0.39 is 17.7 Å². The molecule has 2 atom stereocenters. The fraction of sp³-hybridized carbons (Fsp3) is 0.833. The Labute approximate surface area is 169 Å². The first-order valence-corrected chi connectivity index (χ1v) is 11.9. The van der Waals surface area contributed by atoms with Crippen molar-refractivity contribution in [3.8, 4) is 0 Å². The molecule has 7 nitrogen and oxygen atoms in total. The fourth-order valence-electron chi connectivity index (χ4n) is 2.92. The molecule has 0 heterocycles. The van der Waals surface area contributed by atoms with Crippen LogP contribution < -0.4 is 10.6 Å². The SMILES string of the molecule is CC(C)(C)OC(=O)NC[C@@H]1CCCC[C@@H]1C(=O)NCCSSCCC(=O)O. The van der Waals surface area contributed by atoms with Gasteiger partial charge in [0.2, 0.25) is 5.91 Å². The van der Waals surface area contributed by atoms with E-state index in [9.17, 15) is 14.4 Å². The van der Waals surface area contributed by atoms with Crippen molar-refractivity contribution in [3.63, 3.8) is 0 Å². The van der Waals surface area contributed by atoms with Crippen LogP contribution in [0.25, 0.3) is 0 Å². The van der Waals surface area contributed by atoms with E-state index in [1.54, 1.807) is 10.8 Å². The minimum Gasteiger partial charge on any atom is -0.481 e. The van der Waals surface area contributed by atoms with Crippen LogP contribution in [0.2, 0.25) is 0 Å². The molecule has 0 aromatic heterocycles. The zero-order valence-electron chi connectivity index (χ0n) is 16.4. The normalized spacial score (nSPS) is 20.0. The van der Waals surface area contributed by atoms with Crippen LogP contribution in [0.4, 0.5) is 4.79 Å². The molecular weight excluding hydrogens is 388 g/mol. The van der Waals surface area contributed by atoms with Gasteiger partial charge in [0.15, 0.2) is 0 Å². The van der Waals surface area contributed by atoms with E-state index in [0.717, 1.165) is 31.4 Å². The number of carbonyl (C=O) groups excluding carboxylic acids is 2. The number of hydrogen-bond donors (Lipinski definition) is 3. The van der Waals surface area contributed by atoms with E-state index in [1.807, 2.05) is 20.8 Å². The molecule has 0 aromatic carbocycles. The third kappa shape index (κ3) is 11.4. The smallest absolute Gasteiger partial charge is 0.407 e. The number of carboxylic acids is 1. The molecule has 156 valence electrons. The number of hydrogen-bond acceptors (Lipinski definition) is 6. The number of alkyl carbamates (subject to hydrolysis) is 1. The minimum absolute atomic E-state index is 0.0434. The van der Waals surface area contributed by atoms with Gasteiger partial charge in [0.25, 0.3) is 0 Å². The number of nitrogens with one attached hydrogen (secondary N) is 2. The highest BCUT2D eigenvalue weighted by Crippen LogP contribution is 2.30. The Hall–Kier alpha value is -1.09. The number of aliphatic carboxylic acids is 1. The maximum absolute atomic E-state index is 12.5. The van der Waals surface area contributed by atoms with Crippen molar-refractivity contribution in [2.45, 2.75) is 58.5 Å². The lowest BCUT2D eigenvalue weighted by molar-refractivity contribution is -0.136. The van der Waals surface area contributed by atoms with Gasteiger partial charge in [-0.15, -0.1) is 0 Å². The van der Waals surface area contributed by atoms with Gasteiger partial charge in [0, 0.05) is 30.5 Å². The summed E-state index contributed by atoms with van der Waals surface area (Å²) < 4.78 is 5.26. The number of carboxylic acid groups (broad SMARTS) is 1. The summed E-state index contributed by atoms with van der Waals surface area (Å²) in [6, 6.07) is 0. The quantitative estimate of drug-likeness (QED) is 0.368. The Balaban J connectivity index is 2.29. The van der Waals surface area contributed by atoms with Gasteiger partial charge in [0.05, 0.1) is 6.42 Å². The molecule has 1 saturated carbocycles. The maximum atomic E-state index is 12.5. The molecule has 1 aliphatic rings. The van der Waals surface area contributed by atoms with Crippen molar-refractivity contribution in [1.29, 1.82) is 0 Å². The first kappa shape index (κ1) is 23.9. The summed E-state index contributed by atoms with van der Waals surface area (Å²) in [7, 11) is 3.08. The Morgan fingerprint density at radius 2 is 1.74 bits per heavy atom. The molecule has 27 heavy (non-hydrogen) atoms. The van der Waals surface area contributed by atoms with E-state index in [1.165, 1.54) is 10.8 Å². The van der Waals surface area contributed by atoms with Crippen molar-refractivity contribution < 1.29 is 24.2 Å². The van der Waals surface area contributed by atoms with Gasteiger partial charge in [-0.3, -0.25) is 9.59 Å². The van der Waals surface area contributed by atoms with E-state index in [2.05, 4.69) is 10.6 Å². The van der Waals surface area contributed by atoms with Crippen LogP contribution >= 0.6 is 21.6 Å². The van der Waals surface area contributed by atoms with Gasteiger partial charge in [-0.1, -0.05) is 34.4 Å². The predicted octanol–water partition coefficient (Wildman–Crippen LogP) is 3.29. The molecule has 0 saturated heterocycles. The average Bonchev–Trinajstić information content (AvgIpc) is 2.57. The van der Waals surface area contributed by atoms with Crippen LogP contribution in [0.1, 0.15) is 52.9 Å². The number of carbonyl (C=O) groups is 3. The third-order valence-electron chi connectivity index (χ3n) is 4.12. The summed E-state index contributed by atoms with van der Waals surface area (Å²) in [5.41, 5.74) is -0.534. The summed E-state index contributed by atoms with van der Waals surface area (Å²) in [5, 5.41) is 14.3. The molecular formula is C18H32N2O5S2. The molecule has 0 aliphatic heterocycles. The predicted molar refractivity (Wildman–Crippen MR) is 110 cm³/mol. The minimum atomic E-state index is -0.792. The van der Waals surface area contributed by atoms with Crippen LogP contribution in [0.3, 0.4) is 0 Å². The highest BCUT2D eigenvalue weighted by molar-refractivity contribution is 8.76. The molecule has 1 aliphatic carbocycles. The highest BCUT2D eigenvalue weighted by Gasteiger charge is 2.31. The van der Waals surface area contributed by atoms with Gasteiger partial charge in [-0.25, -0.2) is 4.79 Å². The Morgan fingerprint density at radius 1 is 1.07 bits per heavy atom. The van der Waals surface area contributed by atoms with Crippen molar-refractivity contribution in [2.24, 2.45) is 11.8 Å². The van der Waals surface area contributed by atoms with Gasteiger partial charge < -0.3 is 20.5 Å². The molecule has 0 bridgehead atoms. The first-order valence-electron chi connectivity index (χ1n) is 9.40. The molecule has 0 unspecified atom stereocenters. The van der Waals surface area contributed by atoms with Crippen LogP contribution in [0, 0.1) is 11.8 Å². The molecule has 0 aromatic rings. The molecule has 0 radical (unpaired) electrons. The summed E-state index contributed by atoms with van der Waals surface area (Å²) >= 11 is 0. The first-order chi connectivity index (χ1) is 12.7. The van der Waals surface area contributed by atoms with E-state index in [0.29, 0.717) is 18.8 Å². The van der Waals surface area contributed by atoms with E-state index >= 15 is 0 Å². The van der Waals surface area contributed by atoms with Crippen LogP contribution in [0.15, 0.2) is 0 Å². The summed E-state index contributed by atoms with van der Waals surface area (Å²) in [5.74, 6) is 0.599. The lowest BCUT2D eigenvalue weighted by atomic mass is 9.78. The second-order valence-electron chi connectivity index (χ2n) is 7.61. The van der Waals surface area contributed by atoms with Gasteiger partial charge in [0.1, 0.15) is 5.60 Å². The molecule has 0 spiro atoms. The van der Waals surface area contributed by atoms with E-state index in [-0.39, 0.29) is 24.2 Å². The van der Waals surface area contributed by atoms with Crippen LogP contribution in [-0.2, 0) is 14.3 Å². The Bertz CT molecular complexity index is 497. The maximum Gasteiger partial charge on any atom is 0.407 e. The largest absolute Gasteiger partial charge is 0.481 e. The van der Waals surface area contributed by atoms with Crippen molar-refractivity contribution in [1.82, 2.24) is 10.6 Å². The second kappa shape index (κ2) is 12.4. The zero-order chi connectivity index (χ0) is 20.3. The van der Waals surface area contributed by atoms with Gasteiger partial charge in [-0.05, 0) is 39.5 Å². The number of rotatable bonds is 10. The van der Waals surface area contributed by atoms with E-state index in [4.69, 9.17) is 9.84 Å². The number of ether oxygens (including phenoxy) is 1. The van der Waals surface area contributed by atoms with Crippen LogP contribution in [0.5, 0.6) is 0 Å². The topological polar surface area (TPSA) is 105 Å². The van der Waals surface area contributed by atoms with Gasteiger partial charge in [-0.2, -0.15) is 0 Å². The second-order valence-corrected chi connectivity index (χ2v) is 10.3. The average molecular weight is 421 g/mol. The molecule has 1 fully saturated rings. The lowest BCUT2D eigenvalue weighted by Crippen LogP contribution is -2.43. The zero-order valence-corrected chi connectivity index (χ0v) is 18.0. The van der Waals surface area contributed by atoms with Crippen molar-refractivity contribution in [3.05, 3.63) is 0 Å². The Morgan fingerprint density at radius 3 is 2.41 bits per heavy atom. The molecule has 9 heteroatoms. The van der Waals surface area contributed by atoms with Crippen molar-refractivity contribution in [2.75, 3.05) is 24.6 Å². The number of amides is 2. The Kier molecular flexibility index (Phi) is 11.0. The third-order valence-corrected chi connectivity index (χ3v) is 6.53. The molecule has 1 rings (SSSR count). The summed E-state index contributed by atoms with van der Waals surface area (Å²) in [6.45, 7) is 6.48. The fourth-order valence-corrected chi connectivity index (χ4v) is 4.81. The monoisotopic (exact) mass is 420 g/mol. The summed E-state index contributed by atoms with van der Waals surface area (Å²) in [6.07, 6.45) is 3.57. The van der Waals surface area contributed by atoms with Crippen LogP contribution in [-0.4, -0.2) is 53.3 Å².